The molecule has 1 atom stereocenters. The van der Waals surface area contributed by atoms with E-state index in [0.29, 0.717) is 6.04 Å². The maximum Gasteiger partial charge on any atom is 0.205 e. The lowest BCUT2D eigenvalue weighted by Crippen LogP contribution is -2.45. The van der Waals surface area contributed by atoms with Crippen LogP contribution in [0.2, 0.25) is 0 Å². The molecular formula is C10H18N4. The highest BCUT2D eigenvalue weighted by Crippen LogP contribution is 2.16. The van der Waals surface area contributed by atoms with E-state index in [0.717, 1.165) is 19.0 Å². The lowest BCUT2D eigenvalue weighted by atomic mass is 10.1. The van der Waals surface area contributed by atoms with Gasteiger partial charge in [-0.3, -0.25) is 0 Å². The van der Waals surface area contributed by atoms with Crippen LogP contribution in [0.3, 0.4) is 0 Å². The maximum absolute atomic E-state index is 4.37. The summed E-state index contributed by atoms with van der Waals surface area (Å²) in [5.41, 5.74) is 0. The van der Waals surface area contributed by atoms with Gasteiger partial charge in [-0.25, -0.2) is 4.98 Å². The van der Waals surface area contributed by atoms with Gasteiger partial charge in [0.05, 0.1) is 0 Å². The van der Waals surface area contributed by atoms with E-state index >= 15 is 0 Å². The van der Waals surface area contributed by atoms with Gasteiger partial charge in [0.15, 0.2) is 0 Å². The molecule has 1 fully saturated rings. The Morgan fingerprint density at radius 3 is 3.07 bits per heavy atom. The first kappa shape index (κ1) is 9.52. The standard InChI is InChI=1S/C10H18N4/c1-11-9-4-3-6-14(8-9)10-12-5-7-13(10)2/h5,7,9,11H,3-4,6,8H2,1-2H3. The van der Waals surface area contributed by atoms with Crippen molar-refractivity contribution in [1.82, 2.24) is 14.9 Å². The van der Waals surface area contributed by atoms with Crippen LogP contribution in [0.1, 0.15) is 12.8 Å². The van der Waals surface area contributed by atoms with Gasteiger partial charge in [0.2, 0.25) is 5.95 Å². The summed E-state index contributed by atoms with van der Waals surface area (Å²) in [5.74, 6) is 1.09. The van der Waals surface area contributed by atoms with E-state index in [4.69, 9.17) is 0 Å². The summed E-state index contributed by atoms with van der Waals surface area (Å²) in [6, 6.07) is 0.612. The molecule has 1 aliphatic heterocycles. The van der Waals surface area contributed by atoms with E-state index in [2.05, 4.69) is 19.8 Å². The minimum absolute atomic E-state index is 0.612. The molecule has 2 heterocycles. The van der Waals surface area contributed by atoms with Crippen LogP contribution in [0.4, 0.5) is 5.95 Å². The summed E-state index contributed by atoms with van der Waals surface area (Å²) in [7, 11) is 4.08. The van der Waals surface area contributed by atoms with Crippen LogP contribution in [0.25, 0.3) is 0 Å². The van der Waals surface area contributed by atoms with Gasteiger partial charge in [-0.05, 0) is 19.9 Å². The van der Waals surface area contributed by atoms with Gasteiger partial charge in [-0.15, -0.1) is 0 Å². The predicted octanol–water partition coefficient (Wildman–Crippen LogP) is 0.608. The average molecular weight is 194 g/mol. The molecule has 0 amide bonds. The molecular weight excluding hydrogens is 176 g/mol. The van der Waals surface area contributed by atoms with Crippen molar-refractivity contribution in [2.75, 3.05) is 25.0 Å². The van der Waals surface area contributed by atoms with Crippen molar-refractivity contribution in [3.8, 4) is 0 Å². The Labute approximate surface area is 84.9 Å². The Hall–Kier alpha value is -1.03. The molecule has 0 bridgehead atoms. The number of piperidine rings is 1. The summed E-state index contributed by atoms with van der Waals surface area (Å²) in [4.78, 5) is 6.72. The molecule has 4 nitrogen and oxygen atoms in total. The third kappa shape index (κ3) is 1.75. The van der Waals surface area contributed by atoms with E-state index in [1.807, 2.05) is 26.5 Å². The van der Waals surface area contributed by atoms with Crippen LogP contribution in [0, 0.1) is 0 Å². The van der Waals surface area contributed by atoms with Gasteiger partial charge in [0.1, 0.15) is 0 Å². The fourth-order valence-electron chi connectivity index (χ4n) is 2.06. The predicted molar refractivity (Wildman–Crippen MR) is 57.5 cm³/mol. The molecule has 0 radical (unpaired) electrons. The number of aromatic nitrogens is 2. The largest absolute Gasteiger partial charge is 0.341 e. The van der Waals surface area contributed by atoms with E-state index in [1.165, 1.54) is 12.8 Å². The normalized spacial score (nSPS) is 22.7. The zero-order valence-corrected chi connectivity index (χ0v) is 8.90. The highest BCUT2D eigenvalue weighted by Gasteiger charge is 2.20. The molecule has 78 valence electrons. The second-order valence-corrected chi connectivity index (χ2v) is 3.91. The van der Waals surface area contributed by atoms with Gasteiger partial charge < -0.3 is 14.8 Å². The number of hydrogen-bond donors (Lipinski definition) is 1. The number of nitrogens with one attached hydrogen (secondary N) is 1. The number of imidazole rings is 1. The molecule has 1 aliphatic rings. The van der Waals surface area contributed by atoms with Crippen molar-refractivity contribution in [2.24, 2.45) is 7.05 Å². The van der Waals surface area contributed by atoms with Gasteiger partial charge in [-0.1, -0.05) is 0 Å². The van der Waals surface area contributed by atoms with Gasteiger partial charge in [0.25, 0.3) is 0 Å². The first-order valence-corrected chi connectivity index (χ1v) is 5.21. The Balaban J connectivity index is 2.08. The lowest BCUT2D eigenvalue weighted by Gasteiger charge is -2.33. The SMILES string of the molecule is CNC1CCCN(c2nccn2C)C1. The van der Waals surface area contributed by atoms with E-state index in [9.17, 15) is 0 Å². The minimum Gasteiger partial charge on any atom is -0.341 e. The highest BCUT2D eigenvalue weighted by atomic mass is 15.3. The van der Waals surface area contributed by atoms with Crippen molar-refractivity contribution in [3.63, 3.8) is 0 Å². The van der Waals surface area contributed by atoms with Gasteiger partial charge in [-0.2, -0.15) is 0 Å². The topological polar surface area (TPSA) is 33.1 Å². The monoisotopic (exact) mass is 194 g/mol. The Kier molecular flexibility index (Phi) is 2.72. The summed E-state index contributed by atoms with van der Waals surface area (Å²) in [6.45, 7) is 2.20. The Morgan fingerprint density at radius 2 is 2.43 bits per heavy atom. The summed E-state index contributed by atoms with van der Waals surface area (Å²) < 4.78 is 2.08. The van der Waals surface area contributed by atoms with Crippen LogP contribution in [0.5, 0.6) is 0 Å². The summed E-state index contributed by atoms with van der Waals surface area (Å²) in [5, 5.41) is 3.34. The zero-order chi connectivity index (χ0) is 9.97. The molecule has 0 saturated carbocycles. The van der Waals surface area contributed by atoms with E-state index < -0.39 is 0 Å². The molecule has 0 spiro atoms. The number of hydrogen-bond acceptors (Lipinski definition) is 3. The van der Waals surface area contributed by atoms with E-state index in [-0.39, 0.29) is 0 Å². The number of anilines is 1. The molecule has 1 aromatic rings. The number of nitrogens with zero attached hydrogens (tertiary/aromatic N) is 3. The first-order valence-electron chi connectivity index (χ1n) is 5.21. The second-order valence-electron chi connectivity index (χ2n) is 3.91. The van der Waals surface area contributed by atoms with Crippen molar-refractivity contribution < 1.29 is 0 Å². The smallest absolute Gasteiger partial charge is 0.205 e. The fraction of sp³-hybridized carbons (Fsp3) is 0.700. The van der Waals surface area contributed by atoms with Crippen LogP contribution < -0.4 is 10.2 Å². The fourth-order valence-corrected chi connectivity index (χ4v) is 2.06. The van der Waals surface area contributed by atoms with Crippen molar-refractivity contribution >= 4 is 5.95 Å². The van der Waals surface area contributed by atoms with Crippen molar-refractivity contribution in [1.29, 1.82) is 0 Å². The van der Waals surface area contributed by atoms with Crippen LogP contribution in [0.15, 0.2) is 12.4 Å². The molecule has 4 heteroatoms. The van der Waals surface area contributed by atoms with Crippen LogP contribution >= 0.6 is 0 Å². The lowest BCUT2D eigenvalue weighted by molar-refractivity contribution is 0.443. The zero-order valence-electron chi connectivity index (χ0n) is 8.90. The molecule has 14 heavy (non-hydrogen) atoms. The van der Waals surface area contributed by atoms with Gasteiger partial charge >= 0.3 is 0 Å². The molecule has 1 unspecified atom stereocenters. The Morgan fingerprint density at radius 1 is 1.57 bits per heavy atom. The van der Waals surface area contributed by atoms with Gasteiger partial charge in [0, 0.05) is 38.6 Å². The van der Waals surface area contributed by atoms with Crippen molar-refractivity contribution in [3.05, 3.63) is 12.4 Å². The van der Waals surface area contributed by atoms with Crippen LogP contribution in [-0.2, 0) is 7.05 Å². The molecule has 2 rings (SSSR count). The summed E-state index contributed by atoms with van der Waals surface area (Å²) in [6.07, 6.45) is 6.38. The highest BCUT2D eigenvalue weighted by molar-refractivity contribution is 5.32. The number of likely N-dealkylation sites (N-methyl/N-ethyl adjacent to an activating group) is 1. The summed E-state index contributed by atoms with van der Waals surface area (Å²) >= 11 is 0. The van der Waals surface area contributed by atoms with Crippen LogP contribution in [-0.4, -0.2) is 35.7 Å². The number of aryl methyl sites for hydroxylation is 1. The molecule has 1 saturated heterocycles. The quantitative estimate of drug-likeness (QED) is 0.749. The molecule has 0 aromatic carbocycles. The van der Waals surface area contributed by atoms with E-state index in [1.54, 1.807) is 0 Å². The third-order valence-corrected chi connectivity index (χ3v) is 2.91. The first-order chi connectivity index (χ1) is 6.81. The second kappa shape index (κ2) is 4.00. The molecule has 1 aromatic heterocycles. The van der Waals surface area contributed by atoms with Crippen molar-refractivity contribution in [2.45, 2.75) is 18.9 Å². The maximum atomic E-state index is 4.37. The number of rotatable bonds is 2. The Bertz CT molecular complexity index is 294. The molecule has 1 N–H and O–H groups in total. The third-order valence-electron chi connectivity index (χ3n) is 2.91. The molecule has 0 aliphatic carbocycles. The average Bonchev–Trinajstić information content (AvgIpc) is 2.65. The minimum atomic E-state index is 0.612.